The van der Waals surface area contributed by atoms with Crippen LogP contribution in [-0.4, -0.2) is 38.0 Å². The molecule has 0 atom stereocenters. The second-order valence-corrected chi connectivity index (χ2v) is 6.45. The van der Waals surface area contributed by atoms with Crippen molar-refractivity contribution >= 4 is 23.4 Å². The van der Waals surface area contributed by atoms with Crippen LogP contribution in [0.2, 0.25) is 0 Å². The number of carbonyl (C=O) groups excluding carboxylic acids is 1. The molecule has 1 aromatic carbocycles. The second kappa shape index (κ2) is 9.27. The van der Waals surface area contributed by atoms with Crippen molar-refractivity contribution in [1.29, 1.82) is 0 Å². The summed E-state index contributed by atoms with van der Waals surface area (Å²) in [6.45, 7) is -0.436. The SMILES string of the molecule is CCn1c(SCC(=O)Nc2ccccc2)nnc1-c1ccc(OC(F)F)cn1. The van der Waals surface area contributed by atoms with E-state index in [1.165, 1.54) is 30.1 Å². The van der Waals surface area contributed by atoms with Crippen LogP contribution in [0.3, 0.4) is 0 Å². The molecule has 0 saturated carbocycles. The Morgan fingerprint density at radius 2 is 2.00 bits per heavy atom. The molecule has 0 radical (unpaired) electrons. The van der Waals surface area contributed by atoms with Crippen molar-refractivity contribution in [2.75, 3.05) is 11.1 Å². The second-order valence-electron chi connectivity index (χ2n) is 5.51. The van der Waals surface area contributed by atoms with Crippen molar-refractivity contribution in [2.45, 2.75) is 25.2 Å². The number of anilines is 1. The monoisotopic (exact) mass is 405 g/mol. The van der Waals surface area contributed by atoms with Crippen LogP contribution >= 0.6 is 11.8 Å². The number of halogens is 2. The zero-order chi connectivity index (χ0) is 19.9. The molecule has 146 valence electrons. The molecule has 0 bridgehead atoms. The molecule has 3 aromatic rings. The van der Waals surface area contributed by atoms with E-state index >= 15 is 0 Å². The molecule has 1 N–H and O–H groups in total. The number of hydrogen-bond donors (Lipinski definition) is 1. The summed E-state index contributed by atoms with van der Waals surface area (Å²) < 4.78 is 30.6. The maximum atomic E-state index is 12.2. The topological polar surface area (TPSA) is 81.9 Å². The molecule has 2 heterocycles. The number of nitrogens with one attached hydrogen (secondary N) is 1. The summed E-state index contributed by atoms with van der Waals surface area (Å²) in [6, 6.07) is 12.1. The van der Waals surface area contributed by atoms with Gasteiger partial charge >= 0.3 is 6.61 Å². The lowest BCUT2D eigenvalue weighted by molar-refractivity contribution is -0.113. The Balaban J connectivity index is 1.67. The highest BCUT2D eigenvalue weighted by Crippen LogP contribution is 2.24. The molecule has 0 fully saturated rings. The van der Waals surface area contributed by atoms with Gasteiger partial charge < -0.3 is 14.6 Å². The van der Waals surface area contributed by atoms with Crippen molar-refractivity contribution in [2.24, 2.45) is 0 Å². The molecule has 0 spiro atoms. The number of nitrogens with zero attached hydrogens (tertiary/aromatic N) is 4. The van der Waals surface area contributed by atoms with E-state index in [0.29, 0.717) is 23.2 Å². The molecular weight excluding hydrogens is 388 g/mol. The number of benzene rings is 1. The molecule has 2 aromatic heterocycles. The smallest absolute Gasteiger partial charge is 0.387 e. The summed E-state index contributed by atoms with van der Waals surface area (Å²) >= 11 is 1.25. The minimum Gasteiger partial charge on any atom is -0.433 e. The van der Waals surface area contributed by atoms with E-state index in [4.69, 9.17) is 0 Å². The van der Waals surface area contributed by atoms with Crippen molar-refractivity contribution in [3.05, 3.63) is 48.7 Å². The summed E-state index contributed by atoms with van der Waals surface area (Å²) in [6.07, 6.45) is 1.20. The maximum Gasteiger partial charge on any atom is 0.387 e. The third kappa shape index (κ3) is 5.03. The van der Waals surface area contributed by atoms with Gasteiger partial charge in [-0.1, -0.05) is 30.0 Å². The fourth-order valence-electron chi connectivity index (χ4n) is 2.40. The molecule has 28 heavy (non-hydrogen) atoms. The predicted octanol–water partition coefficient (Wildman–Crippen LogP) is 3.69. The van der Waals surface area contributed by atoms with Gasteiger partial charge in [0.15, 0.2) is 11.0 Å². The lowest BCUT2D eigenvalue weighted by atomic mass is 10.3. The van der Waals surface area contributed by atoms with Crippen LogP contribution < -0.4 is 10.1 Å². The molecule has 10 heteroatoms. The molecule has 1 amide bonds. The van der Waals surface area contributed by atoms with Crippen molar-refractivity contribution < 1.29 is 18.3 Å². The predicted molar refractivity (Wildman–Crippen MR) is 101 cm³/mol. The van der Waals surface area contributed by atoms with Gasteiger partial charge in [0.1, 0.15) is 11.4 Å². The molecule has 0 saturated heterocycles. The molecule has 3 rings (SSSR count). The van der Waals surface area contributed by atoms with Crippen LogP contribution in [0.15, 0.2) is 53.8 Å². The van der Waals surface area contributed by atoms with Gasteiger partial charge in [0.2, 0.25) is 5.91 Å². The number of rotatable bonds is 8. The summed E-state index contributed by atoms with van der Waals surface area (Å²) in [5, 5.41) is 11.6. The maximum absolute atomic E-state index is 12.2. The highest BCUT2D eigenvalue weighted by atomic mass is 32.2. The number of hydrogen-bond acceptors (Lipinski definition) is 6. The Bertz CT molecular complexity index is 919. The lowest BCUT2D eigenvalue weighted by Gasteiger charge is -2.08. The van der Waals surface area contributed by atoms with Crippen molar-refractivity contribution in [3.8, 4) is 17.3 Å². The molecule has 0 aliphatic heterocycles. The minimum atomic E-state index is -2.91. The molecule has 7 nitrogen and oxygen atoms in total. The van der Waals surface area contributed by atoms with Crippen molar-refractivity contribution in [3.63, 3.8) is 0 Å². The van der Waals surface area contributed by atoms with Crippen molar-refractivity contribution in [1.82, 2.24) is 19.7 Å². The van der Waals surface area contributed by atoms with E-state index in [0.717, 1.165) is 5.69 Å². The number of para-hydroxylation sites is 1. The number of alkyl halides is 2. The highest BCUT2D eigenvalue weighted by molar-refractivity contribution is 7.99. The Morgan fingerprint density at radius 1 is 1.21 bits per heavy atom. The van der Waals surface area contributed by atoms with Gasteiger partial charge in [-0.05, 0) is 31.2 Å². The number of pyridine rings is 1. The van der Waals surface area contributed by atoms with E-state index < -0.39 is 6.61 Å². The third-order valence-corrected chi connectivity index (χ3v) is 4.58. The van der Waals surface area contributed by atoms with Gasteiger partial charge in [-0.15, -0.1) is 10.2 Å². The quantitative estimate of drug-likeness (QED) is 0.576. The average Bonchev–Trinajstić information content (AvgIpc) is 3.10. The summed E-state index contributed by atoms with van der Waals surface area (Å²) in [5.41, 5.74) is 1.19. The highest BCUT2D eigenvalue weighted by Gasteiger charge is 2.16. The number of aromatic nitrogens is 4. The van der Waals surface area contributed by atoms with Gasteiger partial charge in [-0.3, -0.25) is 4.79 Å². The summed E-state index contributed by atoms with van der Waals surface area (Å²) in [5.74, 6) is 0.460. The standard InChI is InChI=1S/C18H17F2N5O2S/c1-2-25-16(14-9-8-13(10-21-14)27-17(19)20)23-24-18(25)28-11-15(26)22-12-6-4-3-5-7-12/h3-10,17H,2,11H2,1H3,(H,22,26). The molecular formula is C18H17F2N5O2S. The van der Waals surface area contributed by atoms with Gasteiger partial charge in [0.25, 0.3) is 0 Å². The number of amides is 1. The van der Waals surface area contributed by atoms with Crippen LogP contribution in [0.1, 0.15) is 6.92 Å². The van der Waals surface area contributed by atoms with E-state index in [1.54, 1.807) is 4.57 Å². The van der Waals surface area contributed by atoms with Crippen LogP contribution in [0.25, 0.3) is 11.5 Å². The normalized spacial score (nSPS) is 10.9. The minimum absolute atomic E-state index is 0.0338. The first kappa shape index (κ1) is 19.7. The summed E-state index contributed by atoms with van der Waals surface area (Å²) in [7, 11) is 0. The Kier molecular flexibility index (Phi) is 6.53. The first-order chi connectivity index (χ1) is 13.6. The molecule has 0 aliphatic carbocycles. The van der Waals surface area contributed by atoms with E-state index in [1.807, 2.05) is 37.3 Å². The van der Waals surface area contributed by atoms with Gasteiger partial charge in [-0.25, -0.2) is 4.98 Å². The van der Waals surface area contributed by atoms with Crippen LogP contribution in [0, 0.1) is 0 Å². The Hall–Kier alpha value is -3.01. The Morgan fingerprint density at radius 3 is 2.64 bits per heavy atom. The number of thioether (sulfide) groups is 1. The fourth-order valence-corrected chi connectivity index (χ4v) is 3.21. The van der Waals surface area contributed by atoms with Gasteiger partial charge in [0.05, 0.1) is 11.9 Å². The average molecular weight is 405 g/mol. The van der Waals surface area contributed by atoms with Crippen LogP contribution in [0.5, 0.6) is 5.75 Å². The zero-order valence-corrected chi connectivity index (χ0v) is 15.7. The largest absolute Gasteiger partial charge is 0.433 e. The lowest BCUT2D eigenvalue weighted by Crippen LogP contribution is -2.14. The third-order valence-electron chi connectivity index (χ3n) is 3.61. The fraction of sp³-hybridized carbons (Fsp3) is 0.222. The number of carbonyl (C=O) groups is 1. The van der Waals surface area contributed by atoms with E-state index in [-0.39, 0.29) is 17.4 Å². The van der Waals surface area contributed by atoms with Crippen LogP contribution in [-0.2, 0) is 11.3 Å². The number of ether oxygens (including phenoxy) is 1. The molecule has 0 aliphatic rings. The first-order valence-electron chi connectivity index (χ1n) is 8.39. The van der Waals surface area contributed by atoms with Crippen LogP contribution in [0.4, 0.5) is 14.5 Å². The van der Waals surface area contributed by atoms with E-state index in [2.05, 4.69) is 25.2 Å². The first-order valence-corrected chi connectivity index (χ1v) is 9.37. The zero-order valence-electron chi connectivity index (χ0n) is 14.9. The van der Waals surface area contributed by atoms with Gasteiger partial charge in [-0.2, -0.15) is 8.78 Å². The Labute approximate surface area is 164 Å². The van der Waals surface area contributed by atoms with Gasteiger partial charge in [0, 0.05) is 12.2 Å². The molecule has 0 unspecified atom stereocenters. The summed E-state index contributed by atoms with van der Waals surface area (Å²) in [4.78, 5) is 16.2. The van der Waals surface area contributed by atoms with E-state index in [9.17, 15) is 13.6 Å².